The van der Waals surface area contributed by atoms with Crippen LogP contribution in [-0.4, -0.2) is 23.5 Å². The Kier molecular flexibility index (Phi) is 7.07. The first kappa shape index (κ1) is 15.8. The van der Waals surface area contributed by atoms with Crippen LogP contribution < -0.4 is 5.32 Å². The molecule has 0 bridgehead atoms. The average molecular weight is 262 g/mol. The van der Waals surface area contributed by atoms with Gasteiger partial charge >= 0.3 is 0 Å². The summed E-state index contributed by atoms with van der Waals surface area (Å²) in [6, 6.07) is 8.47. The molecule has 4 heteroatoms. The van der Waals surface area contributed by atoms with Crippen molar-refractivity contribution in [1.82, 2.24) is 5.32 Å². The lowest BCUT2D eigenvalue weighted by molar-refractivity contribution is 0.187. The van der Waals surface area contributed by atoms with Gasteiger partial charge in [0.1, 0.15) is 0 Å². The van der Waals surface area contributed by atoms with Crippen molar-refractivity contribution in [3.63, 3.8) is 0 Å². The number of nitrogens with one attached hydrogen (secondary N) is 1. The van der Waals surface area contributed by atoms with Gasteiger partial charge in [-0.15, -0.1) is 24.2 Å². The molecule has 0 aliphatic rings. The topological polar surface area (TPSA) is 32.3 Å². The molecule has 1 aromatic rings. The number of halogens is 1. The van der Waals surface area contributed by atoms with Crippen molar-refractivity contribution < 1.29 is 5.11 Å². The molecule has 0 amide bonds. The molecule has 0 aliphatic carbocycles. The summed E-state index contributed by atoms with van der Waals surface area (Å²) < 4.78 is 0. The molecule has 1 aromatic carbocycles. The van der Waals surface area contributed by atoms with E-state index in [0.29, 0.717) is 0 Å². The molecule has 0 spiro atoms. The number of aliphatic hydroxyl groups is 1. The smallest absolute Gasteiger partial charge is 0.0607 e. The molecule has 1 rings (SSSR count). The second kappa shape index (κ2) is 7.17. The lowest BCUT2D eigenvalue weighted by Gasteiger charge is -2.23. The van der Waals surface area contributed by atoms with E-state index in [4.69, 9.17) is 5.11 Å². The summed E-state index contributed by atoms with van der Waals surface area (Å²) in [5, 5.41) is 12.4. The summed E-state index contributed by atoms with van der Waals surface area (Å²) in [4.78, 5) is 1.28. The molecule has 2 N–H and O–H groups in total. The summed E-state index contributed by atoms with van der Waals surface area (Å²) in [5.74, 6) is 0. The summed E-state index contributed by atoms with van der Waals surface area (Å²) in [6.45, 7) is 4.92. The molecule has 0 fully saturated rings. The molecular formula is C12H20ClNOS. The summed E-state index contributed by atoms with van der Waals surface area (Å²) in [6.07, 6.45) is 2.07. The molecule has 0 saturated carbocycles. The predicted octanol–water partition coefficient (Wildman–Crippen LogP) is 2.69. The van der Waals surface area contributed by atoms with Crippen LogP contribution >= 0.6 is 24.2 Å². The molecular weight excluding hydrogens is 242 g/mol. The van der Waals surface area contributed by atoms with Gasteiger partial charge in [0.25, 0.3) is 0 Å². The van der Waals surface area contributed by atoms with Crippen LogP contribution in [0.3, 0.4) is 0 Å². The van der Waals surface area contributed by atoms with E-state index in [2.05, 4.69) is 35.8 Å². The normalized spacial score (nSPS) is 11.0. The molecule has 0 heterocycles. The minimum atomic E-state index is -0.210. The fourth-order valence-electron chi connectivity index (χ4n) is 1.14. The van der Waals surface area contributed by atoms with Crippen molar-refractivity contribution in [2.24, 2.45) is 0 Å². The Morgan fingerprint density at radius 2 is 1.81 bits per heavy atom. The van der Waals surface area contributed by atoms with Crippen LogP contribution in [0, 0.1) is 0 Å². The minimum Gasteiger partial charge on any atom is -0.394 e. The zero-order valence-corrected chi connectivity index (χ0v) is 11.6. The maximum atomic E-state index is 9.09. The number of rotatable bonds is 5. The molecule has 0 atom stereocenters. The summed E-state index contributed by atoms with van der Waals surface area (Å²) >= 11 is 1.75. The molecule has 0 unspecified atom stereocenters. The lowest BCUT2D eigenvalue weighted by atomic mass is 10.1. The zero-order valence-electron chi connectivity index (χ0n) is 9.99. The van der Waals surface area contributed by atoms with Crippen molar-refractivity contribution in [3.05, 3.63) is 29.8 Å². The van der Waals surface area contributed by atoms with Crippen LogP contribution in [0.5, 0.6) is 0 Å². The average Bonchev–Trinajstić information content (AvgIpc) is 2.27. The van der Waals surface area contributed by atoms with Crippen LogP contribution in [0.4, 0.5) is 0 Å². The standard InChI is InChI=1S/C12H19NOS.ClH/c1-12(2,9-14)13-8-10-4-6-11(15-3)7-5-10;/h4-7,13-14H,8-9H2,1-3H3;1H. The molecule has 92 valence electrons. The van der Waals surface area contributed by atoms with E-state index in [-0.39, 0.29) is 24.6 Å². The number of thioether (sulfide) groups is 1. The highest BCUT2D eigenvalue weighted by atomic mass is 35.5. The third-order valence-electron chi connectivity index (χ3n) is 2.33. The highest BCUT2D eigenvalue weighted by Crippen LogP contribution is 2.15. The van der Waals surface area contributed by atoms with Gasteiger partial charge in [-0.3, -0.25) is 0 Å². The van der Waals surface area contributed by atoms with Crippen LogP contribution in [0.1, 0.15) is 19.4 Å². The second-order valence-electron chi connectivity index (χ2n) is 4.24. The van der Waals surface area contributed by atoms with Crippen molar-refractivity contribution in [2.75, 3.05) is 12.9 Å². The molecule has 0 aromatic heterocycles. The number of benzene rings is 1. The Morgan fingerprint density at radius 1 is 1.25 bits per heavy atom. The second-order valence-corrected chi connectivity index (χ2v) is 5.12. The van der Waals surface area contributed by atoms with Crippen LogP contribution in [0.15, 0.2) is 29.2 Å². The van der Waals surface area contributed by atoms with E-state index in [9.17, 15) is 0 Å². The Labute approximate surface area is 108 Å². The number of aliphatic hydroxyl groups excluding tert-OH is 1. The third kappa shape index (κ3) is 5.21. The Morgan fingerprint density at radius 3 is 2.25 bits per heavy atom. The van der Waals surface area contributed by atoms with Crippen molar-refractivity contribution in [2.45, 2.75) is 30.8 Å². The fraction of sp³-hybridized carbons (Fsp3) is 0.500. The van der Waals surface area contributed by atoms with Crippen LogP contribution in [-0.2, 0) is 6.54 Å². The van der Waals surface area contributed by atoms with Crippen LogP contribution in [0.25, 0.3) is 0 Å². The van der Waals surface area contributed by atoms with Gasteiger partial charge in [-0.05, 0) is 37.8 Å². The number of hydrogen-bond acceptors (Lipinski definition) is 3. The van der Waals surface area contributed by atoms with Gasteiger partial charge in [-0.25, -0.2) is 0 Å². The first-order valence-corrected chi connectivity index (χ1v) is 6.29. The summed E-state index contributed by atoms with van der Waals surface area (Å²) in [7, 11) is 0. The quantitative estimate of drug-likeness (QED) is 0.800. The first-order chi connectivity index (χ1) is 7.07. The minimum absolute atomic E-state index is 0. The third-order valence-corrected chi connectivity index (χ3v) is 3.07. The Bertz CT molecular complexity index is 300. The first-order valence-electron chi connectivity index (χ1n) is 5.06. The van der Waals surface area contributed by atoms with E-state index < -0.39 is 0 Å². The Hall–Kier alpha value is -0.220. The SMILES string of the molecule is CSc1ccc(CNC(C)(C)CO)cc1.Cl. The van der Waals surface area contributed by atoms with E-state index in [1.54, 1.807) is 11.8 Å². The maximum Gasteiger partial charge on any atom is 0.0607 e. The van der Waals surface area contributed by atoms with Gasteiger partial charge in [0.15, 0.2) is 0 Å². The predicted molar refractivity (Wildman–Crippen MR) is 73.5 cm³/mol. The Balaban J connectivity index is 0.00000225. The van der Waals surface area contributed by atoms with E-state index in [0.717, 1.165) is 6.54 Å². The molecule has 0 radical (unpaired) electrons. The monoisotopic (exact) mass is 261 g/mol. The fourth-order valence-corrected chi connectivity index (χ4v) is 1.55. The van der Waals surface area contributed by atoms with Crippen molar-refractivity contribution >= 4 is 24.2 Å². The molecule has 2 nitrogen and oxygen atoms in total. The highest BCUT2D eigenvalue weighted by Gasteiger charge is 2.14. The van der Waals surface area contributed by atoms with Crippen molar-refractivity contribution in [3.8, 4) is 0 Å². The zero-order chi connectivity index (χ0) is 11.3. The highest BCUT2D eigenvalue weighted by molar-refractivity contribution is 7.98. The van der Waals surface area contributed by atoms with Crippen LogP contribution in [0.2, 0.25) is 0 Å². The largest absolute Gasteiger partial charge is 0.394 e. The van der Waals surface area contributed by atoms with Gasteiger partial charge in [-0.1, -0.05) is 12.1 Å². The van der Waals surface area contributed by atoms with E-state index in [1.807, 2.05) is 13.8 Å². The molecule has 16 heavy (non-hydrogen) atoms. The molecule has 0 aliphatic heterocycles. The lowest BCUT2D eigenvalue weighted by Crippen LogP contribution is -2.42. The van der Waals surface area contributed by atoms with Gasteiger partial charge in [0, 0.05) is 17.0 Å². The van der Waals surface area contributed by atoms with Crippen molar-refractivity contribution in [1.29, 1.82) is 0 Å². The summed E-state index contributed by atoms with van der Waals surface area (Å²) in [5.41, 5.74) is 1.03. The number of hydrogen-bond donors (Lipinski definition) is 2. The van der Waals surface area contributed by atoms with E-state index in [1.165, 1.54) is 10.5 Å². The van der Waals surface area contributed by atoms with Gasteiger partial charge in [0.05, 0.1) is 6.61 Å². The van der Waals surface area contributed by atoms with E-state index >= 15 is 0 Å². The maximum absolute atomic E-state index is 9.09. The molecule has 0 saturated heterocycles. The van der Waals surface area contributed by atoms with Gasteiger partial charge in [0.2, 0.25) is 0 Å². The van der Waals surface area contributed by atoms with Gasteiger partial charge < -0.3 is 10.4 Å². The van der Waals surface area contributed by atoms with Gasteiger partial charge in [-0.2, -0.15) is 0 Å².